The zero-order chi connectivity index (χ0) is 19.3. The van der Waals surface area contributed by atoms with Gasteiger partial charge in [-0.15, -0.1) is 0 Å². The molecule has 28 heavy (non-hydrogen) atoms. The Morgan fingerprint density at radius 2 is 1.93 bits per heavy atom. The molecule has 0 spiro atoms. The van der Waals surface area contributed by atoms with Gasteiger partial charge in [-0.25, -0.2) is 0 Å². The summed E-state index contributed by atoms with van der Waals surface area (Å²) in [4.78, 5) is 2.33. The summed E-state index contributed by atoms with van der Waals surface area (Å²) in [6.45, 7) is 1.70. The lowest BCUT2D eigenvalue weighted by Gasteiger charge is -2.32. The van der Waals surface area contributed by atoms with Crippen LogP contribution in [0.3, 0.4) is 0 Å². The van der Waals surface area contributed by atoms with Crippen LogP contribution in [-0.4, -0.2) is 30.0 Å². The standard InChI is InChI=1S/C22H26N2O3S/c1-25-19-9-5-2-6-17(19)14-24(18-7-3-4-8-18)22(28)23-13-16-10-11-20-21(12-16)27-15-26-20/h2,5-6,9-12,18H,3-4,7-8,13-15H2,1H3,(H,23,28). The van der Waals surface area contributed by atoms with Crippen molar-refractivity contribution in [2.24, 2.45) is 0 Å². The molecule has 1 aliphatic carbocycles. The van der Waals surface area contributed by atoms with Crippen molar-refractivity contribution in [3.63, 3.8) is 0 Å². The maximum Gasteiger partial charge on any atom is 0.231 e. The normalized spacial score (nSPS) is 15.5. The summed E-state index contributed by atoms with van der Waals surface area (Å²) in [6, 6.07) is 14.6. The summed E-state index contributed by atoms with van der Waals surface area (Å²) in [5.74, 6) is 2.51. The van der Waals surface area contributed by atoms with Crippen molar-refractivity contribution in [1.29, 1.82) is 0 Å². The molecule has 0 atom stereocenters. The van der Waals surface area contributed by atoms with Crippen molar-refractivity contribution in [2.75, 3.05) is 13.9 Å². The van der Waals surface area contributed by atoms with Gasteiger partial charge in [0.1, 0.15) is 5.75 Å². The van der Waals surface area contributed by atoms with E-state index in [9.17, 15) is 0 Å². The highest BCUT2D eigenvalue weighted by atomic mass is 32.1. The van der Waals surface area contributed by atoms with Crippen LogP contribution in [0.25, 0.3) is 0 Å². The maximum atomic E-state index is 5.81. The van der Waals surface area contributed by atoms with E-state index in [-0.39, 0.29) is 0 Å². The Morgan fingerprint density at radius 1 is 1.14 bits per heavy atom. The number of nitrogens with zero attached hydrogens (tertiary/aromatic N) is 1. The largest absolute Gasteiger partial charge is 0.496 e. The van der Waals surface area contributed by atoms with Gasteiger partial charge in [0.2, 0.25) is 6.79 Å². The third-order valence-electron chi connectivity index (χ3n) is 5.44. The van der Waals surface area contributed by atoms with Gasteiger partial charge in [-0.3, -0.25) is 0 Å². The van der Waals surface area contributed by atoms with E-state index in [1.165, 1.54) is 25.7 Å². The molecule has 0 bridgehead atoms. The van der Waals surface area contributed by atoms with Gasteiger partial charge in [0.15, 0.2) is 16.6 Å². The minimum Gasteiger partial charge on any atom is -0.496 e. The van der Waals surface area contributed by atoms with Gasteiger partial charge in [-0.05, 0) is 48.8 Å². The molecular formula is C22H26N2O3S. The number of hydrogen-bond acceptors (Lipinski definition) is 4. The van der Waals surface area contributed by atoms with Crippen LogP contribution in [0.5, 0.6) is 17.2 Å². The topological polar surface area (TPSA) is 43.0 Å². The summed E-state index contributed by atoms with van der Waals surface area (Å²) in [6.07, 6.45) is 4.89. The Labute approximate surface area is 171 Å². The first-order valence-corrected chi connectivity index (χ1v) is 10.2. The van der Waals surface area contributed by atoms with Crippen molar-refractivity contribution >= 4 is 17.3 Å². The van der Waals surface area contributed by atoms with E-state index >= 15 is 0 Å². The number of thiocarbonyl (C=S) groups is 1. The minimum atomic E-state index is 0.291. The summed E-state index contributed by atoms with van der Waals surface area (Å²) in [7, 11) is 1.72. The molecule has 2 aromatic rings. The van der Waals surface area contributed by atoms with Crippen molar-refractivity contribution in [1.82, 2.24) is 10.2 Å². The summed E-state index contributed by atoms with van der Waals surface area (Å²) in [5, 5.41) is 4.23. The second-order valence-corrected chi connectivity index (χ2v) is 7.61. The highest BCUT2D eigenvalue weighted by molar-refractivity contribution is 7.80. The molecule has 2 aliphatic rings. The zero-order valence-corrected chi connectivity index (χ0v) is 17.0. The molecule has 1 aliphatic heterocycles. The Kier molecular flexibility index (Phi) is 5.86. The summed E-state index contributed by atoms with van der Waals surface area (Å²) < 4.78 is 16.4. The predicted molar refractivity (Wildman–Crippen MR) is 113 cm³/mol. The lowest BCUT2D eigenvalue weighted by molar-refractivity contribution is 0.174. The molecule has 1 saturated carbocycles. The fourth-order valence-electron chi connectivity index (χ4n) is 3.93. The van der Waals surface area contributed by atoms with Gasteiger partial charge in [-0.2, -0.15) is 0 Å². The van der Waals surface area contributed by atoms with Crippen LogP contribution < -0.4 is 19.5 Å². The molecule has 0 unspecified atom stereocenters. The molecule has 1 heterocycles. The van der Waals surface area contributed by atoms with E-state index in [0.29, 0.717) is 19.4 Å². The number of nitrogens with one attached hydrogen (secondary N) is 1. The average Bonchev–Trinajstić information content (AvgIpc) is 3.42. The first kappa shape index (κ1) is 18.9. The van der Waals surface area contributed by atoms with Crippen molar-refractivity contribution in [3.05, 3.63) is 53.6 Å². The quantitative estimate of drug-likeness (QED) is 0.734. The van der Waals surface area contributed by atoms with Gasteiger partial charge in [0.05, 0.1) is 7.11 Å². The molecule has 5 nitrogen and oxygen atoms in total. The Bertz CT molecular complexity index is 836. The van der Waals surface area contributed by atoms with E-state index in [0.717, 1.165) is 40.0 Å². The minimum absolute atomic E-state index is 0.291. The van der Waals surface area contributed by atoms with Gasteiger partial charge in [0, 0.05) is 24.7 Å². The highest BCUT2D eigenvalue weighted by Crippen LogP contribution is 2.32. The Hall–Kier alpha value is -2.47. The number of methoxy groups -OCH3 is 1. The third-order valence-corrected chi connectivity index (χ3v) is 5.82. The van der Waals surface area contributed by atoms with E-state index < -0.39 is 0 Å². The summed E-state index contributed by atoms with van der Waals surface area (Å²) >= 11 is 5.81. The molecule has 6 heteroatoms. The number of para-hydroxylation sites is 1. The van der Waals surface area contributed by atoms with Crippen LogP contribution in [0.15, 0.2) is 42.5 Å². The molecule has 0 aromatic heterocycles. The van der Waals surface area contributed by atoms with E-state index in [2.05, 4.69) is 16.3 Å². The molecular weight excluding hydrogens is 372 g/mol. The lowest BCUT2D eigenvalue weighted by Crippen LogP contribution is -2.44. The average molecular weight is 399 g/mol. The number of rotatable bonds is 6. The molecule has 0 saturated heterocycles. The summed E-state index contributed by atoms with van der Waals surface area (Å²) in [5.41, 5.74) is 2.28. The maximum absolute atomic E-state index is 5.81. The number of benzene rings is 2. The fourth-order valence-corrected chi connectivity index (χ4v) is 4.22. The van der Waals surface area contributed by atoms with E-state index in [4.69, 9.17) is 26.4 Å². The smallest absolute Gasteiger partial charge is 0.231 e. The van der Waals surface area contributed by atoms with Gasteiger partial charge in [0.25, 0.3) is 0 Å². The predicted octanol–water partition coefficient (Wildman–Crippen LogP) is 4.24. The lowest BCUT2D eigenvalue weighted by atomic mass is 10.1. The van der Waals surface area contributed by atoms with E-state index in [1.807, 2.05) is 36.4 Å². The molecule has 0 radical (unpaired) electrons. The monoisotopic (exact) mass is 398 g/mol. The van der Waals surface area contributed by atoms with Crippen LogP contribution in [0.2, 0.25) is 0 Å². The molecule has 4 rings (SSSR count). The molecule has 148 valence electrons. The Morgan fingerprint density at radius 3 is 2.75 bits per heavy atom. The first-order valence-electron chi connectivity index (χ1n) is 9.79. The van der Waals surface area contributed by atoms with Crippen LogP contribution in [0.1, 0.15) is 36.8 Å². The van der Waals surface area contributed by atoms with Crippen molar-refractivity contribution in [3.8, 4) is 17.2 Å². The van der Waals surface area contributed by atoms with Crippen molar-refractivity contribution < 1.29 is 14.2 Å². The fraction of sp³-hybridized carbons (Fsp3) is 0.409. The first-order chi connectivity index (χ1) is 13.7. The molecule has 1 N–H and O–H groups in total. The van der Waals surface area contributed by atoms with Crippen LogP contribution in [0.4, 0.5) is 0 Å². The molecule has 2 aromatic carbocycles. The van der Waals surface area contributed by atoms with E-state index in [1.54, 1.807) is 7.11 Å². The van der Waals surface area contributed by atoms with Crippen molar-refractivity contribution in [2.45, 2.75) is 44.8 Å². The molecule has 1 fully saturated rings. The van der Waals surface area contributed by atoms with Crippen LogP contribution in [0, 0.1) is 0 Å². The number of hydrogen-bond donors (Lipinski definition) is 1. The second kappa shape index (κ2) is 8.69. The van der Waals surface area contributed by atoms with Gasteiger partial charge >= 0.3 is 0 Å². The van der Waals surface area contributed by atoms with Gasteiger partial charge < -0.3 is 24.4 Å². The Balaban J connectivity index is 1.45. The number of fused-ring (bicyclic) bond motifs is 1. The van der Waals surface area contributed by atoms with Crippen LogP contribution >= 0.6 is 12.2 Å². The second-order valence-electron chi connectivity index (χ2n) is 7.22. The zero-order valence-electron chi connectivity index (χ0n) is 16.1. The van der Waals surface area contributed by atoms with Gasteiger partial charge in [-0.1, -0.05) is 37.1 Å². The highest BCUT2D eigenvalue weighted by Gasteiger charge is 2.25. The van der Waals surface area contributed by atoms with Crippen LogP contribution in [-0.2, 0) is 13.1 Å². The SMILES string of the molecule is COc1ccccc1CN(C(=S)NCc1ccc2c(c1)OCO2)C1CCCC1. The number of ether oxygens (including phenoxy) is 3. The molecule has 0 amide bonds. The third kappa shape index (κ3) is 4.17.